The van der Waals surface area contributed by atoms with Gasteiger partial charge in [-0.05, 0) is 12.1 Å². The second-order valence-corrected chi connectivity index (χ2v) is 2.87. The number of para-hydroxylation sites is 1. The van der Waals surface area contributed by atoms with E-state index in [1.807, 2.05) is 6.07 Å². The van der Waals surface area contributed by atoms with Gasteiger partial charge < -0.3 is 15.8 Å². The summed E-state index contributed by atoms with van der Waals surface area (Å²) in [5.74, 6) is -1.47. The number of benzene rings is 1. The molecule has 1 aromatic rings. The first kappa shape index (κ1) is 11.0. The molecule has 80 valence electrons. The summed E-state index contributed by atoms with van der Waals surface area (Å²) >= 11 is 0. The summed E-state index contributed by atoms with van der Waals surface area (Å²) in [6, 6.07) is 7.66. The van der Waals surface area contributed by atoms with Crippen LogP contribution in [0.5, 0.6) is 0 Å². The molecule has 3 N–H and O–H groups in total. The van der Waals surface area contributed by atoms with Crippen molar-refractivity contribution in [2.24, 2.45) is 5.73 Å². The van der Waals surface area contributed by atoms with Crippen molar-refractivity contribution in [3.8, 4) is 0 Å². The molecule has 0 aliphatic heterocycles. The molecule has 0 heterocycles. The van der Waals surface area contributed by atoms with Crippen LogP contribution in [0.15, 0.2) is 30.3 Å². The highest BCUT2D eigenvalue weighted by Gasteiger charge is 2.24. The third kappa shape index (κ3) is 2.98. The van der Waals surface area contributed by atoms with E-state index in [0.29, 0.717) is 5.69 Å². The van der Waals surface area contributed by atoms with Crippen LogP contribution < -0.4 is 11.1 Å². The highest BCUT2D eigenvalue weighted by Crippen LogP contribution is 2.07. The van der Waals surface area contributed by atoms with Gasteiger partial charge in [0.05, 0.1) is 7.11 Å². The summed E-state index contributed by atoms with van der Waals surface area (Å²) in [4.78, 5) is 22.1. The molecule has 5 heteroatoms. The van der Waals surface area contributed by atoms with Crippen LogP contribution in [0, 0.1) is 0 Å². The van der Waals surface area contributed by atoms with Gasteiger partial charge in [0.1, 0.15) is 0 Å². The molecule has 1 amide bonds. The molecule has 0 radical (unpaired) electrons. The zero-order valence-corrected chi connectivity index (χ0v) is 8.27. The average Bonchev–Trinajstić information content (AvgIpc) is 2.26. The molecule has 0 aliphatic carbocycles. The first-order valence-corrected chi connectivity index (χ1v) is 4.34. The quantitative estimate of drug-likeness (QED) is 0.544. The van der Waals surface area contributed by atoms with E-state index in [4.69, 9.17) is 5.73 Å². The minimum Gasteiger partial charge on any atom is -0.467 e. The lowest BCUT2D eigenvalue weighted by molar-refractivity contribution is -0.144. The third-order valence-electron chi connectivity index (χ3n) is 1.81. The Labute approximate surface area is 87.2 Å². The van der Waals surface area contributed by atoms with E-state index in [9.17, 15) is 9.59 Å². The van der Waals surface area contributed by atoms with Gasteiger partial charge in [0.2, 0.25) is 6.04 Å². The van der Waals surface area contributed by atoms with Crippen molar-refractivity contribution in [2.75, 3.05) is 12.4 Å². The normalized spacial score (nSPS) is 11.5. The van der Waals surface area contributed by atoms with E-state index >= 15 is 0 Å². The molecule has 1 rings (SSSR count). The minimum atomic E-state index is -1.16. The van der Waals surface area contributed by atoms with Crippen LogP contribution in [-0.4, -0.2) is 25.0 Å². The lowest BCUT2D eigenvalue weighted by Crippen LogP contribution is -2.42. The minimum absolute atomic E-state index is 0.631. The zero-order valence-electron chi connectivity index (χ0n) is 8.27. The Morgan fingerprint density at radius 2 is 1.93 bits per heavy atom. The van der Waals surface area contributed by atoms with E-state index in [1.165, 1.54) is 7.11 Å². The van der Waals surface area contributed by atoms with Crippen LogP contribution in [0.1, 0.15) is 0 Å². The largest absolute Gasteiger partial charge is 0.467 e. The van der Waals surface area contributed by atoms with E-state index < -0.39 is 17.9 Å². The number of primary amides is 1. The van der Waals surface area contributed by atoms with Crippen LogP contribution in [0.25, 0.3) is 0 Å². The molecular weight excluding hydrogens is 196 g/mol. The Hall–Kier alpha value is -2.04. The first-order valence-electron chi connectivity index (χ1n) is 4.34. The number of rotatable bonds is 4. The summed E-state index contributed by atoms with van der Waals surface area (Å²) in [7, 11) is 1.20. The summed E-state index contributed by atoms with van der Waals surface area (Å²) < 4.78 is 4.44. The zero-order chi connectivity index (χ0) is 11.3. The van der Waals surface area contributed by atoms with Gasteiger partial charge in [-0.15, -0.1) is 0 Å². The van der Waals surface area contributed by atoms with Crippen molar-refractivity contribution in [1.29, 1.82) is 0 Å². The van der Waals surface area contributed by atoms with Crippen molar-refractivity contribution in [1.82, 2.24) is 0 Å². The van der Waals surface area contributed by atoms with Crippen LogP contribution in [0.3, 0.4) is 0 Å². The van der Waals surface area contributed by atoms with Crippen LogP contribution >= 0.6 is 0 Å². The summed E-state index contributed by atoms with van der Waals surface area (Å²) in [6.45, 7) is 0. The van der Waals surface area contributed by atoms with E-state index in [-0.39, 0.29) is 0 Å². The Bertz CT molecular complexity index is 351. The van der Waals surface area contributed by atoms with Crippen molar-refractivity contribution >= 4 is 17.6 Å². The fourth-order valence-electron chi connectivity index (χ4n) is 1.07. The van der Waals surface area contributed by atoms with Crippen LogP contribution in [0.4, 0.5) is 5.69 Å². The summed E-state index contributed by atoms with van der Waals surface area (Å²) in [5.41, 5.74) is 5.69. The Morgan fingerprint density at radius 3 is 2.40 bits per heavy atom. The van der Waals surface area contributed by atoms with Crippen molar-refractivity contribution < 1.29 is 14.3 Å². The number of amides is 1. The molecule has 0 aromatic heterocycles. The third-order valence-corrected chi connectivity index (χ3v) is 1.81. The Kier molecular flexibility index (Phi) is 3.68. The Morgan fingerprint density at radius 1 is 1.33 bits per heavy atom. The van der Waals surface area contributed by atoms with E-state index in [2.05, 4.69) is 10.1 Å². The average molecular weight is 208 g/mol. The molecule has 0 aliphatic rings. The standard InChI is InChI=1S/C10H12N2O3/c1-15-10(14)8(9(11)13)12-7-5-3-2-4-6-7/h2-6,8,12H,1H3,(H2,11,13). The number of ether oxygens (including phenoxy) is 1. The monoisotopic (exact) mass is 208 g/mol. The molecule has 0 fully saturated rings. The lowest BCUT2D eigenvalue weighted by atomic mass is 10.2. The topological polar surface area (TPSA) is 81.4 Å². The van der Waals surface area contributed by atoms with Gasteiger partial charge in [-0.25, -0.2) is 4.79 Å². The summed E-state index contributed by atoms with van der Waals surface area (Å²) in [6.07, 6.45) is 0. The van der Waals surface area contributed by atoms with Gasteiger partial charge >= 0.3 is 5.97 Å². The predicted molar refractivity (Wildman–Crippen MR) is 55.1 cm³/mol. The molecule has 1 aromatic carbocycles. The van der Waals surface area contributed by atoms with Crippen molar-refractivity contribution in [3.05, 3.63) is 30.3 Å². The number of esters is 1. The van der Waals surface area contributed by atoms with Gasteiger partial charge in [-0.1, -0.05) is 18.2 Å². The van der Waals surface area contributed by atoms with Gasteiger partial charge in [0, 0.05) is 5.69 Å². The number of hydrogen-bond donors (Lipinski definition) is 2. The van der Waals surface area contributed by atoms with Crippen LogP contribution in [0.2, 0.25) is 0 Å². The number of carbonyl (C=O) groups excluding carboxylic acids is 2. The number of anilines is 1. The maximum absolute atomic E-state index is 11.2. The smallest absolute Gasteiger partial charge is 0.338 e. The fraction of sp³-hybridized carbons (Fsp3) is 0.200. The highest BCUT2D eigenvalue weighted by molar-refractivity contribution is 6.03. The maximum Gasteiger partial charge on any atom is 0.338 e. The molecule has 0 spiro atoms. The van der Waals surface area contributed by atoms with Gasteiger partial charge in [-0.2, -0.15) is 0 Å². The predicted octanol–water partition coefficient (Wildman–Crippen LogP) is 0.125. The number of methoxy groups -OCH3 is 1. The lowest BCUT2D eigenvalue weighted by Gasteiger charge is -2.13. The number of nitrogens with two attached hydrogens (primary N) is 1. The second kappa shape index (κ2) is 4.99. The van der Waals surface area contributed by atoms with E-state index in [0.717, 1.165) is 0 Å². The number of carbonyl (C=O) groups is 2. The number of hydrogen-bond acceptors (Lipinski definition) is 4. The number of nitrogens with one attached hydrogen (secondary N) is 1. The van der Waals surface area contributed by atoms with Gasteiger partial charge in [0.25, 0.3) is 5.91 Å². The molecule has 1 atom stereocenters. The molecule has 0 saturated heterocycles. The second-order valence-electron chi connectivity index (χ2n) is 2.87. The first-order chi connectivity index (χ1) is 7.15. The molecule has 1 unspecified atom stereocenters. The maximum atomic E-state index is 11.2. The molecular formula is C10H12N2O3. The SMILES string of the molecule is COC(=O)C(Nc1ccccc1)C(N)=O. The van der Waals surface area contributed by atoms with Crippen molar-refractivity contribution in [2.45, 2.75) is 6.04 Å². The molecule has 5 nitrogen and oxygen atoms in total. The molecule has 0 saturated carbocycles. The fourth-order valence-corrected chi connectivity index (χ4v) is 1.07. The molecule has 15 heavy (non-hydrogen) atoms. The Balaban J connectivity index is 2.76. The highest BCUT2D eigenvalue weighted by atomic mass is 16.5. The van der Waals surface area contributed by atoms with Crippen molar-refractivity contribution in [3.63, 3.8) is 0 Å². The molecule has 0 bridgehead atoms. The van der Waals surface area contributed by atoms with Crippen LogP contribution in [-0.2, 0) is 14.3 Å². The van der Waals surface area contributed by atoms with Gasteiger partial charge in [-0.3, -0.25) is 4.79 Å². The van der Waals surface area contributed by atoms with Gasteiger partial charge in [0.15, 0.2) is 0 Å². The summed E-state index contributed by atoms with van der Waals surface area (Å²) in [5, 5.41) is 2.68. The van der Waals surface area contributed by atoms with E-state index in [1.54, 1.807) is 24.3 Å².